The largest absolute Gasteiger partial charge is 0.371 e. The lowest BCUT2D eigenvalue weighted by Gasteiger charge is -2.01. The van der Waals surface area contributed by atoms with E-state index in [0.717, 1.165) is 6.20 Å². The Morgan fingerprint density at radius 2 is 2.47 bits per heavy atom. The van der Waals surface area contributed by atoms with E-state index in [4.69, 9.17) is 5.84 Å². The van der Waals surface area contributed by atoms with Crippen molar-refractivity contribution in [1.29, 1.82) is 0 Å². The maximum atomic E-state index is 13.0. The van der Waals surface area contributed by atoms with E-state index < -0.39 is 5.82 Å². The monoisotopic (exact) mass is 207 g/mol. The summed E-state index contributed by atoms with van der Waals surface area (Å²) in [7, 11) is 1.69. The summed E-state index contributed by atoms with van der Waals surface area (Å²) >= 11 is 0. The van der Waals surface area contributed by atoms with Gasteiger partial charge in [0.1, 0.15) is 11.5 Å². The molecule has 78 valence electrons. The third kappa shape index (κ3) is 1.50. The van der Waals surface area contributed by atoms with Gasteiger partial charge in [-0.3, -0.25) is 0 Å². The van der Waals surface area contributed by atoms with Gasteiger partial charge in [0.2, 0.25) is 0 Å². The van der Waals surface area contributed by atoms with Crippen molar-refractivity contribution in [2.24, 2.45) is 10.9 Å². The topological polar surface area (TPSA) is 79.1 Å². The first kappa shape index (κ1) is 9.45. The summed E-state index contributed by atoms with van der Waals surface area (Å²) in [6.07, 6.45) is 2.83. The number of H-pyrrole nitrogens is 1. The Balaban J connectivity index is 2.66. The van der Waals surface area contributed by atoms with Gasteiger partial charge in [-0.05, 0) is 6.07 Å². The molecule has 2 aromatic heterocycles. The Bertz CT molecular complexity index is 516. The van der Waals surface area contributed by atoms with Crippen LogP contribution in [-0.4, -0.2) is 22.9 Å². The minimum atomic E-state index is -0.393. The van der Waals surface area contributed by atoms with Gasteiger partial charge in [0.15, 0.2) is 5.84 Å². The van der Waals surface area contributed by atoms with Crippen LogP contribution in [0.3, 0.4) is 0 Å². The van der Waals surface area contributed by atoms with Crippen molar-refractivity contribution in [2.45, 2.75) is 0 Å². The van der Waals surface area contributed by atoms with E-state index in [9.17, 15) is 4.39 Å². The molecule has 0 aromatic carbocycles. The van der Waals surface area contributed by atoms with Gasteiger partial charge >= 0.3 is 0 Å². The maximum Gasteiger partial charge on any atom is 0.154 e. The van der Waals surface area contributed by atoms with E-state index in [1.807, 2.05) is 0 Å². The lowest BCUT2D eigenvalue weighted by Crippen LogP contribution is -2.20. The summed E-state index contributed by atoms with van der Waals surface area (Å²) in [5.74, 6) is 5.29. The fraction of sp³-hybridized carbons (Fsp3) is 0.111. The number of fused-ring (bicyclic) bond motifs is 1. The van der Waals surface area contributed by atoms with Crippen LogP contribution in [0.4, 0.5) is 4.39 Å². The van der Waals surface area contributed by atoms with Gasteiger partial charge in [0, 0.05) is 24.2 Å². The van der Waals surface area contributed by atoms with Crippen LogP contribution in [0.2, 0.25) is 0 Å². The fourth-order valence-corrected chi connectivity index (χ4v) is 1.44. The SMILES string of the molecule is CN/C(=N\N)c1c[nH]c2ncc(F)cc12. The zero-order valence-corrected chi connectivity index (χ0v) is 8.08. The Labute approximate surface area is 85.2 Å². The second-order valence-corrected chi connectivity index (χ2v) is 2.98. The predicted octanol–water partition coefficient (Wildman–Crippen LogP) is 0.542. The van der Waals surface area contributed by atoms with Gasteiger partial charge in [0.25, 0.3) is 0 Å². The Kier molecular flexibility index (Phi) is 2.24. The molecular weight excluding hydrogens is 197 g/mol. The molecule has 0 atom stereocenters. The van der Waals surface area contributed by atoms with Crippen LogP contribution in [0, 0.1) is 5.82 Å². The van der Waals surface area contributed by atoms with Gasteiger partial charge in [-0.25, -0.2) is 9.37 Å². The van der Waals surface area contributed by atoms with Crippen LogP contribution in [0.25, 0.3) is 11.0 Å². The van der Waals surface area contributed by atoms with Gasteiger partial charge in [0.05, 0.1) is 6.20 Å². The zero-order valence-electron chi connectivity index (χ0n) is 8.08. The van der Waals surface area contributed by atoms with Crippen molar-refractivity contribution in [2.75, 3.05) is 7.05 Å². The van der Waals surface area contributed by atoms with Crippen LogP contribution < -0.4 is 11.2 Å². The van der Waals surface area contributed by atoms with Crippen LogP contribution in [0.1, 0.15) is 5.56 Å². The van der Waals surface area contributed by atoms with Gasteiger partial charge in [-0.1, -0.05) is 0 Å². The first-order valence-corrected chi connectivity index (χ1v) is 4.35. The molecule has 0 bridgehead atoms. The van der Waals surface area contributed by atoms with Gasteiger partial charge in [-0.15, -0.1) is 0 Å². The number of nitrogens with zero attached hydrogens (tertiary/aromatic N) is 2. The highest BCUT2D eigenvalue weighted by molar-refractivity contribution is 6.08. The van der Waals surface area contributed by atoms with E-state index in [1.54, 1.807) is 13.2 Å². The van der Waals surface area contributed by atoms with E-state index >= 15 is 0 Å². The van der Waals surface area contributed by atoms with Crippen molar-refractivity contribution in [3.8, 4) is 0 Å². The molecule has 6 heteroatoms. The molecule has 4 N–H and O–H groups in total. The highest BCUT2D eigenvalue weighted by atomic mass is 19.1. The predicted molar refractivity (Wildman–Crippen MR) is 55.8 cm³/mol. The first-order chi connectivity index (χ1) is 7.26. The molecule has 0 aliphatic heterocycles. The number of pyridine rings is 1. The lowest BCUT2D eigenvalue weighted by molar-refractivity contribution is 0.624. The summed E-state index contributed by atoms with van der Waals surface area (Å²) in [6.45, 7) is 0. The van der Waals surface area contributed by atoms with Crippen molar-refractivity contribution in [1.82, 2.24) is 15.3 Å². The molecule has 0 saturated carbocycles. The third-order valence-corrected chi connectivity index (χ3v) is 2.12. The molecule has 2 rings (SSSR count). The molecule has 0 aliphatic carbocycles. The Hall–Kier alpha value is -2.11. The molecule has 2 aromatic rings. The van der Waals surface area contributed by atoms with Crippen LogP contribution in [0.15, 0.2) is 23.6 Å². The molecule has 0 saturated heterocycles. The molecule has 0 unspecified atom stereocenters. The average molecular weight is 207 g/mol. The molecule has 0 spiro atoms. The van der Waals surface area contributed by atoms with E-state index in [-0.39, 0.29) is 0 Å². The van der Waals surface area contributed by atoms with Crippen LogP contribution in [0.5, 0.6) is 0 Å². The molecule has 2 heterocycles. The van der Waals surface area contributed by atoms with E-state index in [0.29, 0.717) is 22.4 Å². The smallest absolute Gasteiger partial charge is 0.154 e. The Morgan fingerprint density at radius 3 is 3.13 bits per heavy atom. The summed E-state index contributed by atoms with van der Waals surface area (Å²) in [5.41, 5.74) is 1.30. The number of nitrogens with one attached hydrogen (secondary N) is 2. The summed E-state index contributed by atoms with van der Waals surface area (Å²) in [5, 5.41) is 7.03. The standard InChI is InChI=1S/C9H10FN5/c1-12-8(15-11)7-4-14-9-6(7)2-5(10)3-13-9/h2-4H,11H2,1H3,(H,12,15)(H,13,14). The number of halogens is 1. The number of nitrogens with two attached hydrogens (primary N) is 1. The van der Waals surface area contributed by atoms with Crippen LogP contribution >= 0.6 is 0 Å². The lowest BCUT2D eigenvalue weighted by atomic mass is 10.2. The third-order valence-electron chi connectivity index (χ3n) is 2.12. The number of aromatic amines is 1. The van der Waals surface area contributed by atoms with Crippen molar-refractivity contribution >= 4 is 16.9 Å². The summed E-state index contributed by atoms with van der Waals surface area (Å²) in [6, 6.07) is 1.39. The van der Waals surface area contributed by atoms with Crippen LogP contribution in [-0.2, 0) is 0 Å². The molecule has 0 fully saturated rings. The Morgan fingerprint density at radius 1 is 1.67 bits per heavy atom. The first-order valence-electron chi connectivity index (χ1n) is 4.35. The van der Waals surface area contributed by atoms with E-state index in [1.165, 1.54) is 6.07 Å². The molecule has 0 aliphatic rings. The second kappa shape index (κ2) is 3.56. The maximum absolute atomic E-state index is 13.0. The number of hydrogen-bond donors (Lipinski definition) is 3. The zero-order chi connectivity index (χ0) is 10.8. The minimum Gasteiger partial charge on any atom is -0.371 e. The average Bonchev–Trinajstić information content (AvgIpc) is 2.64. The highest BCUT2D eigenvalue weighted by Gasteiger charge is 2.10. The number of hydrazone groups is 1. The molecule has 5 nitrogen and oxygen atoms in total. The van der Waals surface area contributed by atoms with E-state index in [2.05, 4.69) is 20.4 Å². The molecule has 0 radical (unpaired) electrons. The number of aromatic nitrogens is 2. The van der Waals surface area contributed by atoms with Crippen molar-refractivity contribution < 1.29 is 4.39 Å². The molecule has 15 heavy (non-hydrogen) atoms. The summed E-state index contributed by atoms with van der Waals surface area (Å²) < 4.78 is 13.0. The fourth-order valence-electron chi connectivity index (χ4n) is 1.44. The number of amidine groups is 1. The highest BCUT2D eigenvalue weighted by Crippen LogP contribution is 2.17. The molecular formula is C9H10FN5. The number of rotatable bonds is 1. The minimum absolute atomic E-state index is 0.393. The van der Waals surface area contributed by atoms with Crippen molar-refractivity contribution in [3.63, 3.8) is 0 Å². The van der Waals surface area contributed by atoms with Gasteiger partial charge < -0.3 is 16.1 Å². The number of hydrogen-bond acceptors (Lipinski definition) is 3. The quantitative estimate of drug-likeness (QED) is 0.276. The summed E-state index contributed by atoms with van der Waals surface area (Å²) in [4.78, 5) is 6.81. The molecule has 0 amide bonds. The second-order valence-electron chi connectivity index (χ2n) is 2.98. The normalized spacial score (nSPS) is 12.0. The van der Waals surface area contributed by atoms with Crippen molar-refractivity contribution in [3.05, 3.63) is 29.8 Å². The van der Waals surface area contributed by atoms with Gasteiger partial charge in [-0.2, -0.15) is 5.10 Å².